The summed E-state index contributed by atoms with van der Waals surface area (Å²) in [7, 11) is 0. The van der Waals surface area contributed by atoms with Gasteiger partial charge in [-0.1, -0.05) is 0 Å². The molecule has 14 heavy (non-hydrogen) atoms. The van der Waals surface area contributed by atoms with Crippen molar-refractivity contribution in [2.24, 2.45) is 0 Å². The first-order valence-electron chi connectivity index (χ1n) is 4.77. The fourth-order valence-corrected chi connectivity index (χ4v) is 1.29. The molecular weight excluding hydrogens is 184 g/mol. The first-order chi connectivity index (χ1) is 6.70. The highest BCUT2D eigenvalue weighted by atomic mass is 16.3. The van der Waals surface area contributed by atoms with Crippen LogP contribution in [0.1, 0.15) is 19.8 Å². The van der Waals surface area contributed by atoms with Crippen LogP contribution in [-0.4, -0.2) is 53.1 Å². The number of amides is 3. The van der Waals surface area contributed by atoms with Gasteiger partial charge in [-0.05, 0) is 19.8 Å². The van der Waals surface area contributed by atoms with Crippen LogP contribution in [0.2, 0.25) is 0 Å². The van der Waals surface area contributed by atoms with E-state index in [0.29, 0.717) is 19.5 Å². The summed E-state index contributed by atoms with van der Waals surface area (Å²) in [5.74, 6) is 0. The molecule has 0 bridgehead atoms. The molecule has 0 aromatic carbocycles. The minimum Gasteiger partial charge on any atom is -0.396 e. The largest absolute Gasteiger partial charge is 0.396 e. The van der Waals surface area contributed by atoms with E-state index in [-0.39, 0.29) is 18.7 Å². The lowest BCUT2D eigenvalue weighted by Gasteiger charge is -2.35. The predicted molar refractivity (Wildman–Crippen MR) is 50.3 cm³/mol. The van der Waals surface area contributed by atoms with Crippen LogP contribution in [0.3, 0.4) is 0 Å². The van der Waals surface area contributed by atoms with E-state index in [0.717, 1.165) is 11.3 Å². The van der Waals surface area contributed by atoms with Crippen molar-refractivity contribution in [3.8, 4) is 0 Å². The molecule has 1 radical (unpaired) electrons. The number of carbonyl (C=O) groups excluding carboxylic acids is 2. The molecule has 1 heterocycles. The van der Waals surface area contributed by atoms with Gasteiger partial charge in [-0.3, -0.25) is 9.69 Å². The van der Waals surface area contributed by atoms with Gasteiger partial charge in [0, 0.05) is 25.7 Å². The third-order valence-electron chi connectivity index (χ3n) is 2.42. The van der Waals surface area contributed by atoms with Crippen LogP contribution in [-0.2, 0) is 4.79 Å². The number of rotatable bonds is 4. The van der Waals surface area contributed by atoms with Crippen molar-refractivity contribution in [1.29, 1.82) is 0 Å². The summed E-state index contributed by atoms with van der Waals surface area (Å²) >= 11 is 0. The lowest BCUT2D eigenvalue weighted by atomic mass is 10.2. The molecule has 1 aliphatic rings. The van der Waals surface area contributed by atoms with Gasteiger partial charge in [-0.25, -0.2) is 4.79 Å². The van der Waals surface area contributed by atoms with Crippen LogP contribution in [0.4, 0.5) is 4.79 Å². The Morgan fingerprint density at radius 1 is 1.64 bits per heavy atom. The van der Waals surface area contributed by atoms with E-state index in [9.17, 15) is 9.59 Å². The highest BCUT2D eigenvalue weighted by Crippen LogP contribution is 2.12. The maximum Gasteiger partial charge on any atom is 0.327 e. The first-order valence-corrected chi connectivity index (χ1v) is 4.77. The van der Waals surface area contributed by atoms with Crippen molar-refractivity contribution < 1.29 is 14.7 Å². The zero-order chi connectivity index (χ0) is 10.6. The number of aliphatic hydroxyl groups excluding tert-OH is 1. The number of nitrogens with zero attached hydrogens (tertiary/aromatic N) is 2. The maximum atomic E-state index is 11.6. The number of likely N-dealkylation sites (tertiary alicyclic amines) is 1. The number of hydrogen-bond donors (Lipinski definition) is 1. The Morgan fingerprint density at radius 2 is 2.29 bits per heavy atom. The summed E-state index contributed by atoms with van der Waals surface area (Å²) in [4.78, 5) is 24.8. The quantitative estimate of drug-likeness (QED) is 0.646. The standard InChI is InChI=1S/C9H15N2O3/c1-8(3-6-12)11(7-13)9(14)10-4-2-5-10/h8,12H,2-6H2,1H3. The highest BCUT2D eigenvalue weighted by molar-refractivity contribution is 5.85. The summed E-state index contributed by atoms with van der Waals surface area (Å²) in [6.07, 6.45) is 3.01. The molecule has 0 spiro atoms. The van der Waals surface area contributed by atoms with Crippen LogP contribution in [0.15, 0.2) is 0 Å². The fraction of sp³-hybridized carbons (Fsp3) is 0.778. The van der Waals surface area contributed by atoms with Crippen molar-refractivity contribution in [3.63, 3.8) is 0 Å². The maximum absolute atomic E-state index is 11.6. The molecule has 5 heteroatoms. The van der Waals surface area contributed by atoms with Crippen molar-refractivity contribution in [2.75, 3.05) is 19.7 Å². The van der Waals surface area contributed by atoms with E-state index < -0.39 is 0 Å². The van der Waals surface area contributed by atoms with Crippen LogP contribution in [0, 0.1) is 0 Å². The molecule has 0 aromatic heterocycles. The number of aliphatic hydroxyl groups is 1. The molecule has 1 aliphatic heterocycles. The second kappa shape index (κ2) is 4.95. The summed E-state index contributed by atoms with van der Waals surface area (Å²) < 4.78 is 0. The lowest BCUT2D eigenvalue weighted by Crippen LogP contribution is -2.51. The Bertz CT molecular complexity index is 216. The van der Waals surface area contributed by atoms with Crippen LogP contribution in [0.25, 0.3) is 0 Å². The Labute approximate surface area is 83.3 Å². The molecule has 1 saturated heterocycles. The molecule has 0 aliphatic carbocycles. The van der Waals surface area contributed by atoms with Gasteiger partial charge in [-0.2, -0.15) is 0 Å². The summed E-state index contributed by atoms with van der Waals surface area (Å²) in [6, 6.07) is -0.585. The molecule has 1 N–H and O–H groups in total. The summed E-state index contributed by atoms with van der Waals surface area (Å²) in [5, 5.41) is 8.69. The monoisotopic (exact) mass is 199 g/mol. The van der Waals surface area contributed by atoms with Crippen molar-refractivity contribution in [1.82, 2.24) is 9.80 Å². The second-order valence-electron chi connectivity index (χ2n) is 3.45. The molecule has 1 fully saturated rings. The molecular formula is C9H15N2O3. The molecule has 0 aromatic rings. The zero-order valence-corrected chi connectivity index (χ0v) is 8.27. The van der Waals surface area contributed by atoms with Gasteiger partial charge in [0.05, 0.1) is 0 Å². The van der Waals surface area contributed by atoms with Gasteiger partial charge in [0.2, 0.25) is 0 Å². The molecule has 3 amide bonds. The van der Waals surface area contributed by atoms with Gasteiger partial charge in [-0.15, -0.1) is 0 Å². The van der Waals surface area contributed by atoms with Gasteiger partial charge in [0.15, 0.2) is 0 Å². The number of carbonyl (C=O) groups is 1. The molecule has 1 unspecified atom stereocenters. The minimum atomic E-state index is -0.299. The lowest BCUT2D eigenvalue weighted by molar-refractivity contribution is 0.131. The first kappa shape index (κ1) is 11.0. The van der Waals surface area contributed by atoms with Crippen molar-refractivity contribution in [2.45, 2.75) is 25.8 Å². The van der Waals surface area contributed by atoms with Gasteiger partial charge in [0.1, 0.15) is 0 Å². The smallest absolute Gasteiger partial charge is 0.327 e. The van der Waals surface area contributed by atoms with Crippen LogP contribution >= 0.6 is 0 Å². The topological polar surface area (TPSA) is 60.9 Å². The Hall–Kier alpha value is -1.10. The number of hydrogen-bond acceptors (Lipinski definition) is 3. The average Bonchev–Trinajstić information content (AvgIpc) is 2.02. The zero-order valence-electron chi connectivity index (χ0n) is 8.27. The van der Waals surface area contributed by atoms with Crippen LogP contribution < -0.4 is 0 Å². The predicted octanol–water partition coefficient (Wildman–Crippen LogP) is -0.0478. The number of urea groups is 1. The van der Waals surface area contributed by atoms with E-state index in [1.54, 1.807) is 18.2 Å². The molecule has 1 rings (SSSR count). The summed E-state index contributed by atoms with van der Waals surface area (Å²) in [6.45, 7) is 3.11. The third-order valence-corrected chi connectivity index (χ3v) is 2.42. The molecule has 1 atom stereocenters. The molecule has 79 valence electrons. The van der Waals surface area contributed by atoms with E-state index in [2.05, 4.69) is 0 Å². The Balaban J connectivity index is 2.50. The van der Waals surface area contributed by atoms with Gasteiger partial charge >= 0.3 is 12.4 Å². The molecule has 0 saturated carbocycles. The fourth-order valence-electron chi connectivity index (χ4n) is 1.29. The van der Waals surface area contributed by atoms with Crippen molar-refractivity contribution >= 4 is 12.4 Å². The van der Waals surface area contributed by atoms with Crippen LogP contribution in [0.5, 0.6) is 0 Å². The SMILES string of the molecule is CC(CCO)N([C]=O)C(=O)N1CCC1. The summed E-state index contributed by atoms with van der Waals surface area (Å²) in [5.41, 5.74) is 0. The van der Waals surface area contributed by atoms with E-state index >= 15 is 0 Å². The minimum absolute atomic E-state index is 0.0351. The average molecular weight is 199 g/mol. The Kier molecular flexibility index (Phi) is 3.88. The van der Waals surface area contributed by atoms with Gasteiger partial charge in [0.25, 0.3) is 0 Å². The van der Waals surface area contributed by atoms with E-state index in [4.69, 9.17) is 5.11 Å². The normalized spacial score (nSPS) is 17.1. The van der Waals surface area contributed by atoms with E-state index in [1.807, 2.05) is 0 Å². The highest BCUT2D eigenvalue weighted by Gasteiger charge is 2.28. The molecule has 5 nitrogen and oxygen atoms in total. The number of imide groups is 1. The van der Waals surface area contributed by atoms with Gasteiger partial charge < -0.3 is 10.0 Å². The van der Waals surface area contributed by atoms with Crippen molar-refractivity contribution in [3.05, 3.63) is 0 Å². The van der Waals surface area contributed by atoms with E-state index in [1.165, 1.54) is 0 Å². The third kappa shape index (κ3) is 2.23. The Morgan fingerprint density at radius 3 is 2.64 bits per heavy atom. The second-order valence-corrected chi connectivity index (χ2v) is 3.45.